The number of aromatic nitrogens is 2. The Labute approximate surface area is 104 Å². The molecule has 4 nitrogen and oxygen atoms in total. The molecule has 0 radical (unpaired) electrons. The number of hydrogen-bond donors (Lipinski definition) is 1. The van der Waals surface area contributed by atoms with E-state index in [-0.39, 0.29) is 6.61 Å². The van der Waals surface area contributed by atoms with Crippen LogP contribution in [0.3, 0.4) is 0 Å². The van der Waals surface area contributed by atoms with Crippen molar-refractivity contribution in [2.24, 2.45) is 0 Å². The van der Waals surface area contributed by atoms with Crippen molar-refractivity contribution in [3.8, 4) is 11.4 Å². The molecule has 0 aliphatic rings. The van der Waals surface area contributed by atoms with Gasteiger partial charge in [-0.25, -0.2) is 9.97 Å². The Morgan fingerprint density at radius 2 is 2.06 bits per heavy atom. The number of aryl methyl sites for hydroxylation is 1. The number of aliphatic hydroxyl groups is 1. The van der Waals surface area contributed by atoms with Gasteiger partial charge in [-0.05, 0) is 19.1 Å². The van der Waals surface area contributed by atoms with Gasteiger partial charge >= 0.3 is 0 Å². The van der Waals surface area contributed by atoms with Crippen LogP contribution in [0.1, 0.15) is 11.4 Å². The maximum atomic E-state index is 9.18. The van der Waals surface area contributed by atoms with Gasteiger partial charge in [0.25, 0.3) is 0 Å². The van der Waals surface area contributed by atoms with E-state index in [1.54, 1.807) is 12.3 Å². The Morgan fingerprint density at radius 1 is 1.22 bits per heavy atom. The van der Waals surface area contributed by atoms with E-state index >= 15 is 0 Å². The van der Waals surface area contributed by atoms with Crippen LogP contribution in [0.4, 0.5) is 0 Å². The van der Waals surface area contributed by atoms with Gasteiger partial charge in [-0.2, -0.15) is 0 Å². The zero-order valence-corrected chi connectivity index (χ0v) is 9.92. The normalized spacial score (nSPS) is 11.0. The summed E-state index contributed by atoms with van der Waals surface area (Å²) in [7, 11) is 0. The second-order valence-electron chi connectivity index (χ2n) is 4.13. The van der Waals surface area contributed by atoms with E-state index in [0.29, 0.717) is 11.5 Å². The van der Waals surface area contributed by atoms with Gasteiger partial charge in [0, 0.05) is 11.1 Å². The number of rotatable bonds is 2. The highest BCUT2D eigenvalue weighted by atomic mass is 16.3. The smallest absolute Gasteiger partial charge is 0.163 e. The predicted molar refractivity (Wildman–Crippen MR) is 67.9 cm³/mol. The molecule has 0 aliphatic carbocycles. The number of hydrogen-bond acceptors (Lipinski definition) is 4. The van der Waals surface area contributed by atoms with Crippen LogP contribution in [0, 0.1) is 6.92 Å². The fourth-order valence-electron chi connectivity index (χ4n) is 1.99. The monoisotopic (exact) mass is 240 g/mol. The average molecular weight is 240 g/mol. The molecule has 0 amide bonds. The molecule has 0 atom stereocenters. The number of benzene rings is 1. The van der Waals surface area contributed by atoms with Crippen LogP contribution in [0.15, 0.2) is 41.0 Å². The quantitative estimate of drug-likeness (QED) is 0.748. The first-order chi connectivity index (χ1) is 8.78. The van der Waals surface area contributed by atoms with Crippen molar-refractivity contribution in [2.75, 3.05) is 0 Å². The average Bonchev–Trinajstić information content (AvgIpc) is 2.81. The molecule has 1 aromatic carbocycles. The molecule has 18 heavy (non-hydrogen) atoms. The standard InChI is InChI=1S/C14H12N2O2/c1-9-6-10(7-17)16-14(15-9)12-8-18-13-5-3-2-4-11(12)13/h2-6,8,17H,7H2,1H3. The Balaban J connectivity index is 2.22. The van der Waals surface area contributed by atoms with Crippen molar-refractivity contribution >= 4 is 11.0 Å². The summed E-state index contributed by atoms with van der Waals surface area (Å²) < 4.78 is 5.47. The summed E-state index contributed by atoms with van der Waals surface area (Å²) in [5.74, 6) is 0.587. The molecule has 90 valence electrons. The summed E-state index contributed by atoms with van der Waals surface area (Å²) in [6.07, 6.45) is 1.65. The van der Waals surface area contributed by atoms with Crippen LogP contribution in [-0.2, 0) is 6.61 Å². The van der Waals surface area contributed by atoms with Crippen molar-refractivity contribution in [3.05, 3.63) is 48.0 Å². The number of furan rings is 1. The highest BCUT2D eigenvalue weighted by Crippen LogP contribution is 2.28. The summed E-state index contributed by atoms with van der Waals surface area (Å²) in [6, 6.07) is 9.52. The minimum absolute atomic E-state index is 0.0911. The van der Waals surface area contributed by atoms with Crippen molar-refractivity contribution in [1.82, 2.24) is 9.97 Å². The van der Waals surface area contributed by atoms with Crippen molar-refractivity contribution in [2.45, 2.75) is 13.5 Å². The Bertz CT molecular complexity index is 704. The van der Waals surface area contributed by atoms with Gasteiger partial charge in [0.05, 0.1) is 17.9 Å². The second-order valence-corrected chi connectivity index (χ2v) is 4.13. The predicted octanol–water partition coefficient (Wildman–Crippen LogP) is 2.69. The second kappa shape index (κ2) is 4.23. The van der Waals surface area contributed by atoms with Gasteiger partial charge in [-0.15, -0.1) is 0 Å². The minimum atomic E-state index is -0.0911. The lowest BCUT2D eigenvalue weighted by atomic mass is 10.1. The van der Waals surface area contributed by atoms with E-state index in [9.17, 15) is 5.11 Å². The van der Waals surface area contributed by atoms with Crippen LogP contribution >= 0.6 is 0 Å². The molecular formula is C14H12N2O2. The molecule has 3 aromatic rings. The largest absolute Gasteiger partial charge is 0.464 e. The zero-order valence-electron chi connectivity index (χ0n) is 9.92. The van der Waals surface area contributed by atoms with Crippen LogP contribution in [0.5, 0.6) is 0 Å². The van der Waals surface area contributed by atoms with Crippen LogP contribution in [0.25, 0.3) is 22.4 Å². The van der Waals surface area contributed by atoms with Crippen LogP contribution in [-0.4, -0.2) is 15.1 Å². The first-order valence-electron chi connectivity index (χ1n) is 5.70. The van der Waals surface area contributed by atoms with E-state index in [0.717, 1.165) is 22.2 Å². The Morgan fingerprint density at radius 3 is 2.89 bits per heavy atom. The highest BCUT2D eigenvalue weighted by molar-refractivity contribution is 5.91. The zero-order chi connectivity index (χ0) is 12.5. The van der Waals surface area contributed by atoms with Gasteiger partial charge in [-0.1, -0.05) is 18.2 Å². The molecule has 1 N–H and O–H groups in total. The first kappa shape index (κ1) is 10.9. The molecule has 0 saturated heterocycles. The first-order valence-corrected chi connectivity index (χ1v) is 5.70. The Kier molecular flexibility index (Phi) is 2.57. The molecule has 2 aromatic heterocycles. The molecule has 0 spiro atoms. The number of nitrogens with zero attached hydrogens (tertiary/aromatic N) is 2. The maximum absolute atomic E-state index is 9.18. The van der Waals surface area contributed by atoms with E-state index in [2.05, 4.69) is 9.97 Å². The number of aliphatic hydroxyl groups excluding tert-OH is 1. The third-order valence-corrected chi connectivity index (χ3v) is 2.79. The SMILES string of the molecule is Cc1cc(CO)nc(-c2coc3ccccc23)n1. The van der Waals surface area contributed by atoms with Crippen molar-refractivity contribution < 1.29 is 9.52 Å². The van der Waals surface area contributed by atoms with Gasteiger partial charge < -0.3 is 9.52 Å². The van der Waals surface area contributed by atoms with Gasteiger partial charge in [0.1, 0.15) is 11.8 Å². The molecule has 0 aliphatic heterocycles. The Hall–Kier alpha value is -2.20. The van der Waals surface area contributed by atoms with Crippen LogP contribution in [0.2, 0.25) is 0 Å². The molecule has 2 heterocycles. The lowest BCUT2D eigenvalue weighted by Gasteiger charge is -2.02. The summed E-state index contributed by atoms with van der Waals surface area (Å²) in [6.45, 7) is 1.79. The number of fused-ring (bicyclic) bond motifs is 1. The topological polar surface area (TPSA) is 59.2 Å². The molecule has 3 rings (SSSR count). The molecule has 0 bridgehead atoms. The van der Waals surface area contributed by atoms with E-state index in [1.807, 2.05) is 31.2 Å². The minimum Gasteiger partial charge on any atom is -0.464 e. The van der Waals surface area contributed by atoms with Crippen molar-refractivity contribution in [1.29, 1.82) is 0 Å². The molecule has 4 heteroatoms. The summed E-state index contributed by atoms with van der Waals surface area (Å²) in [4.78, 5) is 8.72. The van der Waals surface area contributed by atoms with Crippen molar-refractivity contribution in [3.63, 3.8) is 0 Å². The molecule has 0 unspecified atom stereocenters. The van der Waals surface area contributed by atoms with E-state index in [1.165, 1.54) is 0 Å². The lowest BCUT2D eigenvalue weighted by Crippen LogP contribution is -1.97. The van der Waals surface area contributed by atoms with Gasteiger partial charge in [0.15, 0.2) is 5.82 Å². The fourth-order valence-corrected chi connectivity index (χ4v) is 1.99. The third kappa shape index (κ3) is 1.76. The summed E-state index contributed by atoms with van der Waals surface area (Å²) in [5, 5.41) is 10.2. The summed E-state index contributed by atoms with van der Waals surface area (Å²) in [5.41, 5.74) is 3.10. The van der Waals surface area contributed by atoms with Gasteiger partial charge in [0.2, 0.25) is 0 Å². The molecule has 0 saturated carbocycles. The van der Waals surface area contributed by atoms with E-state index < -0.39 is 0 Å². The van der Waals surface area contributed by atoms with E-state index in [4.69, 9.17) is 4.42 Å². The highest BCUT2D eigenvalue weighted by Gasteiger charge is 2.11. The molecular weight excluding hydrogens is 228 g/mol. The fraction of sp³-hybridized carbons (Fsp3) is 0.143. The number of para-hydroxylation sites is 1. The lowest BCUT2D eigenvalue weighted by molar-refractivity contribution is 0.276. The summed E-state index contributed by atoms with van der Waals surface area (Å²) >= 11 is 0. The van der Waals surface area contributed by atoms with Crippen LogP contribution < -0.4 is 0 Å². The maximum Gasteiger partial charge on any atom is 0.163 e. The molecule has 0 fully saturated rings. The van der Waals surface area contributed by atoms with Gasteiger partial charge in [-0.3, -0.25) is 0 Å². The third-order valence-electron chi connectivity index (χ3n) is 2.79.